The average molecular weight is 1260 g/mol. The minimum absolute atomic E-state index is 0. The number of aryl methyl sites for hydroxylation is 8. The van der Waals surface area contributed by atoms with Crippen LogP contribution in [-0.2, 0) is 20.1 Å². The molecular weight excluding hydrogens is 1200 g/mol. The summed E-state index contributed by atoms with van der Waals surface area (Å²) in [5, 5.41) is 4.40. The summed E-state index contributed by atoms with van der Waals surface area (Å²) in [6.07, 6.45) is 1.90. The Morgan fingerprint density at radius 1 is 0.333 bits per heavy atom. The van der Waals surface area contributed by atoms with Crippen molar-refractivity contribution in [2.24, 2.45) is 0 Å². The van der Waals surface area contributed by atoms with Crippen LogP contribution in [-0.4, -0.2) is 23.8 Å². The number of nitrogens with zero attached hydrogens (tertiary/aromatic N) is 5. The first kappa shape index (κ1) is 55.2. The van der Waals surface area contributed by atoms with Crippen LogP contribution in [0.2, 0.25) is 0 Å². The van der Waals surface area contributed by atoms with Gasteiger partial charge in [0, 0.05) is 60.5 Å². The predicted molar refractivity (Wildman–Crippen MR) is 346 cm³/mol. The van der Waals surface area contributed by atoms with E-state index in [9.17, 15) is 0 Å². The summed E-state index contributed by atoms with van der Waals surface area (Å²) in [6.45, 7) is 17.3. The Balaban J connectivity index is 0.00000347. The maximum atomic E-state index is 5.05. The number of benzene rings is 9. The van der Waals surface area contributed by atoms with Crippen LogP contribution >= 0.6 is 0 Å². The SMILES string of the molecule is Cc1nc2c3[c-]cc(-c4ccccc4-c4cc(-c5ccccc5-c5c[c-]c(-c6cc(-c7ccc(-c8ccccc8)cc7)ccn6)cc5)cc(-c5ccccc5-c5c[c-]c6c(c5)c(C)c(C)n5c(C)c(C)nc65)c4)cc3c(C)c(C)n2c1C.[CH3-].[Ir]. The second-order valence-corrected chi connectivity index (χ2v) is 22.0. The number of hydrogen-bond acceptors (Lipinski definition) is 3. The third kappa shape index (κ3) is 9.37. The van der Waals surface area contributed by atoms with Gasteiger partial charge in [-0.15, -0.1) is 77.0 Å². The Bertz CT molecular complexity index is 4670. The van der Waals surface area contributed by atoms with Crippen molar-refractivity contribution in [2.75, 3.05) is 0 Å². The average Bonchev–Trinajstić information content (AvgIpc) is 1.85. The van der Waals surface area contributed by atoms with Gasteiger partial charge in [0.2, 0.25) is 0 Å². The van der Waals surface area contributed by atoms with Crippen LogP contribution in [0.25, 0.3) is 133 Å². The molecule has 6 heteroatoms. The van der Waals surface area contributed by atoms with Gasteiger partial charge < -0.3 is 21.2 Å². The summed E-state index contributed by atoms with van der Waals surface area (Å²) in [4.78, 5) is 14.9. The fourth-order valence-corrected chi connectivity index (χ4v) is 12.4. The number of fused-ring (bicyclic) bond motifs is 6. The Morgan fingerprint density at radius 2 is 0.714 bits per heavy atom. The first-order valence-corrected chi connectivity index (χ1v) is 28.2. The van der Waals surface area contributed by atoms with Crippen molar-refractivity contribution in [2.45, 2.75) is 55.4 Å². The van der Waals surface area contributed by atoms with Gasteiger partial charge in [0.1, 0.15) is 0 Å². The zero-order chi connectivity index (χ0) is 55.9. The third-order valence-corrected chi connectivity index (χ3v) is 17.3. The van der Waals surface area contributed by atoms with Gasteiger partial charge in [-0.2, -0.15) is 0 Å². The molecule has 0 saturated heterocycles. The molecule has 0 aliphatic carbocycles. The second-order valence-electron chi connectivity index (χ2n) is 22.0. The van der Waals surface area contributed by atoms with E-state index in [-0.39, 0.29) is 27.5 Å². The molecule has 14 aromatic rings. The number of imidazole rings is 2. The summed E-state index contributed by atoms with van der Waals surface area (Å²) in [5.74, 6) is 0. The van der Waals surface area contributed by atoms with Gasteiger partial charge in [-0.05, 0) is 141 Å². The third-order valence-electron chi connectivity index (χ3n) is 17.3. The predicted octanol–water partition coefficient (Wildman–Crippen LogP) is 20.0. The van der Waals surface area contributed by atoms with E-state index in [4.69, 9.17) is 15.0 Å². The molecule has 0 bridgehead atoms. The molecule has 5 nitrogen and oxygen atoms in total. The number of aromatic nitrogens is 5. The van der Waals surface area contributed by atoms with E-state index in [0.717, 1.165) is 133 Å². The Morgan fingerprint density at radius 3 is 1.15 bits per heavy atom. The first-order valence-electron chi connectivity index (χ1n) is 28.2. The van der Waals surface area contributed by atoms with Crippen LogP contribution in [0.3, 0.4) is 0 Å². The summed E-state index contributed by atoms with van der Waals surface area (Å²) in [6, 6.07) is 83.7. The van der Waals surface area contributed by atoms with Gasteiger partial charge >= 0.3 is 0 Å². The van der Waals surface area contributed by atoms with Crippen molar-refractivity contribution in [3.05, 3.63) is 277 Å². The molecule has 5 heterocycles. The van der Waals surface area contributed by atoms with Crippen molar-refractivity contribution >= 4 is 32.8 Å². The Kier molecular flexibility index (Phi) is 14.5. The largest absolute Gasteiger partial charge is 0.358 e. The van der Waals surface area contributed by atoms with Gasteiger partial charge in [-0.3, -0.25) is 9.97 Å². The van der Waals surface area contributed by atoms with Crippen LogP contribution in [0.15, 0.2) is 206 Å². The van der Waals surface area contributed by atoms with Gasteiger partial charge in [0.25, 0.3) is 0 Å². The monoisotopic (exact) mass is 1260 g/mol. The van der Waals surface area contributed by atoms with Gasteiger partial charge in [0.15, 0.2) is 0 Å². The molecule has 0 aliphatic rings. The molecule has 9 aromatic carbocycles. The van der Waals surface area contributed by atoms with Crippen molar-refractivity contribution in [1.29, 1.82) is 0 Å². The minimum atomic E-state index is 0. The van der Waals surface area contributed by atoms with E-state index in [1.807, 2.05) is 6.20 Å². The molecule has 0 N–H and O–H groups in total. The molecule has 5 aromatic heterocycles. The van der Waals surface area contributed by atoms with Gasteiger partial charge in [-0.1, -0.05) is 189 Å². The number of rotatable bonds is 9. The van der Waals surface area contributed by atoms with Gasteiger partial charge in [0.05, 0.1) is 11.3 Å². The summed E-state index contributed by atoms with van der Waals surface area (Å²) < 4.78 is 4.57. The molecule has 0 amide bonds. The molecule has 0 unspecified atom stereocenters. The topological polar surface area (TPSA) is 47.5 Å². The molecule has 0 spiro atoms. The second kappa shape index (κ2) is 22.1. The number of pyridine rings is 3. The summed E-state index contributed by atoms with van der Waals surface area (Å²) >= 11 is 0. The van der Waals surface area contributed by atoms with Crippen LogP contribution in [0.1, 0.15) is 45.3 Å². The molecule has 14 rings (SSSR count). The van der Waals surface area contributed by atoms with Crippen molar-refractivity contribution in [3.8, 4) is 100 Å². The molecule has 0 atom stereocenters. The molecule has 1 radical (unpaired) electrons. The van der Waals surface area contributed by atoms with Crippen molar-refractivity contribution < 1.29 is 20.1 Å². The zero-order valence-electron chi connectivity index (χ0n) is 48.7. The van der Waals surface area contributed by atoms with Crippen LogP contribution in [0.4, 0.5) is 0 Å². The number of hydrogen-bond donors (Lipinski definition) is 0. The van der Waals surface area contributed by atoms with E-state index < -0.39 is 0 Å². The van der Waals surface area contributed by atoms with Crippen LogP contribution < -0.4 is 0 Å². The van der Waals surface area contributed by atoms with Gasteiger partial charge in [-0.25, -0.2) is 0 Å². The van der Waals surface area contributed by atoms with Crippen molar-refractivity contribution in [1.82, 2.24) is 23.8 Å². The standard InChI is InChI=1S/C77H58N5.CH3.Ir/c1-46-50(5)81-52(7)48(3)79-76(81)71-36-34-60(43-73(46)71)66-21-13-16-24-69(66)63-40-62(41-64(42-63)70-25-17-14-22-67(70)61-35-37-72-74(44-61)47(2)51(6)82-53(8)49(4)80-77(72)82)68-23-15-12-20-65(68)57-30-32-58(33-31-57)75-45-59(38-39-78-75)56-28-26-55(27-29-56)54-18-10-9-11-19-54;;/h9-32,34-35,38-45H,1-8H3;1H3;/q-3;-1;. The van der Waals surface area contributed by atoms with E-state index in [0.29, 0.717) is 0 Å². The summed E-state index contributed by atoms with van der Waals surface area (Å²) in [7, 11) is 0. The Labute approximate surface area is 506 Å². The molecule has 0 aliphatic heterocycles. The molecule has 0 fully saturated rings. The van der Waals surface area contributed by atoms with E-state index in [1.54, 1.807) is 0 Å². The van der Waals surface area contributed by atoms with Crippen LogP contribution in [0.5, 0.6) is 0 Å². The van der Waals surface area contributed by atoms with Crippen molar-refractivity contribution in [3.63, 3.8) is 0 Å². The molecular formula is C78H61IrN5-4. The maximum Gasteiger partial charge on any atom is 0.0611 e. The quantitative estimate of drug-likeness (QED) is 0.135. The smallest absolute Gasteiger partial charge is 0.0611 e. The fourth-order valence-electron chi connectivity index (χ4n) is 12.4. The molecule has 411 valence electrons. The first-order chi connectivity index (χ1) is 40.0. The summed E-state index contributed by atoms with van der Waals surface area (Å²) in [5.41, 5.74) is 31.0. The molecule has 0 saturated carbocycles. The maximum absolute atomic E-state index is 5.05. The minimum Gasteiger partial charge on any atom is -0.358 e. The normalized spacial score (nSPS) is 11.4. The van der Waals surface area contributed by atoms with E-state index >= 15 is 0 Å². The Hall–Kier alpha value is -9.32. The molecule has 84 heavy (non-hydrogen) atoms. The zero-order valence-corrected chi connectivity index (χ0v) is 51.1. The fraction of sp³-hybridized carbons (Fsp3) is 0.103. The van der Waals surface area contributed by atoms with Crippen LogP contribution in [0, 0.1) is 81.0 Å². The van der Waals surface area contributed by atoms with E-state index in [1.165, 1.54) is 45.0 Å². The van der Waals surface area contributed by atoms with E-state index in [2.05, 4.69) is 283 Å².